The van der Waals surface area contributed by atoms with Gasteiger partial charge in [-0.1, -0.05) is 11.6 Å². The number of hydrogen-bond donors (Lipinski definition) is 2. The lowest BCUT2D eigenvalue weighted by Gasteiger charge is -2.17. The van der Waals surface area contributed by atoms with Gasteiger partial charge in [-0.3, -0.25) is 4.79 Å². The first-order valence-electron chi connectivity index (χ1n) is 4.97. The van der Waals surface area contributed by atoms with Crippen molar-refractivity contribution in [2.24, 2.45) is 5.73 Å². The smallest absolute Gasteiger partial charge is 0.312 e. The molecule has 0 radical (unpaired) electrons. The van der Waals surface area contributed by atoms with Crippen LogP contribution in [0.3, 0.4) is 0 Å². The van der Waals surface area contributed by atoms with Crippen LogP contribution in [0.2, 0.25) is 5.15 Å². The normalized spacial score (nSPS) is 16.4. The number of carbonyl (C=O) groups is 1. The van der Waals surface area contributed by atoms with Gasteiger partial charge in [0.05, 0.1) is 12.2 Å². The van der Waals surface area contributed by atoms with Crippen molar-refractivity contribution in [2.75, 3.05) is 13.2 Å². The molecule has 16 heavy (non-hydrogen) atoms. The van der Waals surface area contributed by atoms with Gasteiger partial charge in [-0.2, -0.15) is 5.10 Å². The molecular weight excluding hydrogens is 234 g/mol. The predicted octanol–water partition coefficient (Wildman–Crippen LogP) is 0.446. The van der Waals surface area contributed by atoms with Crippen LogP contribution in [0.15, 0.2) is 0 Å². The lowest BCUT2D eigenvalue weighted by atomic mass is 10.0. The van der Waals surface area contributed by atoms with Crippen molar-refractivity contribution >= 4 is 17.6 Å². The highest BCUT2D eigenvalue weighted by atomic mass is 35.5. The zero-order valence-corrected chi connectivity index (χ0v) is 9.28. The third kappa shape index (κ3) is 1.74. The number of nitrogens with two attached hydrogens (primary N) is 1. The summed E-state index contributed by atoms with van der Waals surface area (Å²) >= 11 is 5.92. The van der Waals surface area contributed by atoms with E-state index in [4.69, 9.17) is 27.2 Å². The van der Waals surface area contributed by atoms with E-state index in [1.807, 2.05) is 0 Å². The molecule has 0 aliphatic carbocycles. The van der Waals surface area contributed by atoms with Crippen LogP contribution in [0, 0.1) is 0 Å². The second kappa shape index (κ2) is 4.31. The molecule has 0 spiro atoms. The summed E-state index contributed by atoms with van der Waals surface area (Å²) in [4.78, 5) is 11.0. The van der Waals surface area contributed by atoms with Crippen LogP contribution in [-0.2, 0) is 11.3 Å². The van der Waals surface area contributed by atoms with Gasteiger partial charge in [-0.15, -0.1) is 0 Å². The third-order valence-corrected chi connectivity index (χ3v) is 2.81. The number of carboxylic acids is 1. The van der Waals surface area contributed by atoms with Gasteiger partial charge in [0.15, 0.2) is 5.15 Å². The molecule has 1 aliphatic rings. The fraction of sp³-hybridized carbons (Fsp3) is 0.556. The molecule has 3 N–H and O–H groups in total. The van der Waals surface area contributed by atoms with Gasteiger partial charge in [-0.25, -0.2) is 4.68 Å². The molecule has 1 atom stereocenters. The molecule has 1 aromatic heterocycles. The minimum absolute atomic E-state index is 0.0306. The van der Waals surface area contributed by atoms with Crippen molar-refractivity contribution in [3.63, 3.8) is 0 Å². The van der Waals surface area contributed by atoms with Crippen LogP contribution in [-0.4, -0.2) is 34.0 Å². The Morgan fingerprint density at radius 1 is 1.75 bits per heavy atom. The van der Waals surface area contributed by atoms with Crippen LogP contribution in [0.25, 0.3) is 0 Å². The Morgan fingerprint density at radius 2 is 2.50 bits per heavy atom. The summed E-state index contributed by atoms with van der Waals surface area (Å²) in [5, 5.41) is 13.2. The molecule has 88 valence electrons. The Hall–Kier alpha value is -1.27. The summed E-state index contributed by atoms with van der Waals surface area (Å²) < 4.78 is 7.00. The Morgan fingerprint density at radius 3 is 3.12 bits per heavy atom. The number of ether oxygens (including phenoxy) is 1. The average molecular weight is 246 g/mol. The van der Waals surface area contributed by atoms with Gasteiger partial charge in [-0.05, 0) is 0 Å². The number of halogens is 1. The van der Waals surface area contributed by atoms with Crippen molar-refractivity contribution in [3.8, 4) is 5.88 Å². The van der Waals surface area contributed by atoms with E-state index in [0.717, 1.165) is 6.42 Å². The van der Waals surface area contributed by atoms with Gasteiger partial charge in [0.25, 0.3) is 0 Å². The van der Waals surface area contributed by atoms with E-state index >= 15 is 0 Å². The summed E-state index contributed by atoms with van der Waals surface area (Å²) in [7, 11) is 0. The number of carboxylic acid groups (broad SMARTS) is 1. The minimum atomic E-state index is -1.02. The quantitative estimate of drug-likeness (QED) is 0.807. The number of hydrogen-bond acceptors (Lipinski definition) is 4. The minimum Gasteiger partial charge on any atom is -0.481 e. The van der Waals surface area contributed by atoms with Gasteiger partial charge in [0, 0.05) is 19.5 Å². The molecule has 0 saturated carbocycles. The first kappa shape index (κ1) is 11.2. The molecule has 0 aromatic carbocycles. The van der Waals surface area contributed by atoms with E-state index in [2.05, 4.69) is 5.10 Å². The van der Waals surface area contributed by atoms with E-state index in [1.54, 1.807) is 4.68 Å². The molecule has 1 unspecified atom stereocenters. The Kier molecular flexibility index (Phi) is 3.02. The molecule has 2 heterocycles. The van der Waals surface area contributed by atoms with E-state index < -0.39 is 11.9 Å². The number of rotatable bonds is 3. The van der Waals surface area contributed by atoms with Gasteiger partial charge in [0.1, 0.15) is 5.92 Å². The average Bonchev–Trinajstić information content (AvgIpc) is 2.57. The van der Waals surface area contributed by atoms with Crippen molar-refractivity contribution in [2.45, 2.75) is 18.9 Å². The molecule has 1 aromatic rings. The Balaban J connectivity index is 2.46. The first-order valence-corrected chi connectivity index (χ1v) is 5.34. The van der Waals surface area contributed by atoms with Crippen molar-refractivity contribution in [1.82, 2.24) is 9.78 Å². The lowest BCUT2D eigenvalue weighted by molar-refractivity contribution is -0.138. The number of fused-ring (bicyclic) bond motifs is 1. The highest BCUT2D eigenvalue weighted by molar-refractivity contribution is 6.30. The monoisotopic (exact) mass is 245 g/mol. The highest BCUT2D eigenvalue weighted by Crippen LogP contribution is 2.35. The van der Waals surface area contributed by atoms with Crippen molar-refractivity contribution in [1.29, 1.82) is 0 Å². The van der Waals surface area contributed by atoms with Crippen LogP contribution in [0.1, 0.15) is 17.9 Å². The van der Waals surface area contributed by atoms with Crippen LogP contribution < -0.4 is 10.5 Å². The second-order valence-electron chi connectivity index (χ2n) is 3.56. The summed E-state index contributed by atoms with van der Waals surface area (Å²) in [5.74, 6) is -1.45. The van der Waals surface area contributed by atoms with Crippen LogP contribution >= 0.6 is 11.6 Å². The maximum atomic E-state index is 11.0. The Labute approximate surface area is 96.9 Å². The summed E-state index contributed by atoms with van der Waals surface area (Å²) in [5.41, 5.74) is 5.82. The lowest BCUT2D eigenvalue weighted by Crippen LogP contribution is -2.23. The van der Waals surface area contributed by atoms with Crippen molar-refractivity contribution < 1.29 is 14.6 Å². The molecule has 0 saturated heterocycles. The zero-order chi connectivity index (χ0) is 11.7. The summed E-state index contributed by atoms with van der Waals surface area (Å²) in [6.45, 7) is 1.20. The summed E-state index contributed by atoms with van der Waals surface area (Å²) in [6, 6.07) is 0. The zero-order valence-electron chi connectivity index (χ0n) is 8.52. The van der Waals surface area contributed by atoms with Crippen LogP contribution in [0.5, 0.6) is 5.88 Å². The number of aromatic nitrogens is 2. The largest absolute Gasteiger partial charge is 0.481 e. The molecule has 7 heteroatoms. The highest BCUT2D eigenvalue weighted by Gasteiger charge is 2.30. The molecule has 1 aliphatic heterocycles. The van der Waals surface area contributed by atoms with E-state index in [1.165, 1.54) is 0 Å². The van der Waals surface area contributed by atoms with Gasteiger partial charge >= 0.3 is 5.97 Å². The fourth-order valence-electron chi connectivity index (χ4n) is 1.75. The molecular formula is C9H12ClN3O3. The van der Waals surface area contributed by atoms with Crippen molar-refractivity contribution in [3.05, 3.63) is 10.7 Å². The van der Waals surface area contributed by atoms with Crippen LogP contribution in [0.4, 0.5) is 0 Å². The summed E-state index contributed by atoms with van der Waals surface area (Å²) in [6.07, 6.45) is 0.838. The molecule has 0 fully saturated rings. The maximum Gasteiger partial charge on any atom is 0.312 e. The number of aliphatic carboxylic acids is 1. The molecule has 0 bridgehead atoms. The van der Waals surface area contributed by atoms with E-state index in [9.17, 15) is 4.79 Å². The van der Waals surface area contributed by atoms with Gasteiger partial charge < -0.3 is 15.6 Å². The second-order valence-corrected chi connectivity index (χ2v) is 3.92. The van der Waals surface area contributed by atoms with Gasteiger partial charge in [0.2, 0.25) is 5.88 Å². The number of aryl methyl sites for hydroxylation is 1. The maximum absolute atomic E-state index is 11.0. The predicted molar refractivity (Wildman–Crippen MR) is 56.8 cm³/mol. The fourth-order valence-corrected chi connectivity index (χ4v) is 2.06. The first-order chi connectivity index (χ1) is 7.65. The standard InChI is InChI=1S/C9H12ClN3O3/c10-7-6(5(4-11)9(14)15)8-13(12-7)2-1-3-16-8/h5H,1-4,11H2,(H,14,15). The topological polar surface area (TPSA) is 90.4 Å². The molecule has 2 rings (SSSR count). The molecule has 6 nitrogen and oxygen atoms in total. The third-order valence-electron chi connectivity index (χ3n) is 2.53. The Bertz CT molecular complexity index is 418. The van der Waals surface area contributed by atoms with E-state index in [-0.39, 0.29) is 11.7 Å². The van der Waals surface area contributed by atoms with E-state index in [0.29, 0.717) is 24.6 Å². The SMILES string of the molecule is NCC(C(=O)O)c1c(Cl)nn2c1OCCC2. The number of nitrogens with zero attached hydrogens (tertiary/aromatic N) is 2. The molecule has 0 amide bonds.